The van der Waals surface area contributed by atoms with E-state index in [2.05, 4.69) is 15.6 Å². The van der Waals surface area contributed by atoms with E-state index in [4.69, 9.17) is 26.2 Å². The van der Waals surface area contributed by atoms with E-state index in [-0.39, 0.29) is 36.6 Å². The predicted molar refractivity (Wildman–Crippen MR) is 194 cm³/mol. The summed E-state index contributed by atoms with van der Waals surface area (Å²) in [6.07, 6.45) is 1.83. The molecule has 6 rings (SSSR count). The first-order chi connectivity index (χ1) is 25.4. The number of benzene rings is 2. The van der Waals surface area contributed by atoms with E-state index < -0.39 is 59.2 Å². The van der Waals surface area contributed by atoms with Crippen LogP contribution in [0.5, 0.6) is 5.75 Å². The molecular formula is C37H47ClN4O10S. The minimum absolute atomic E-state index is 0.0884. The number of nitrogens with zero attached hydrogens (tertiary/aromatic N) is 2. The molecule has 3 aromatic rings. The molecule has 2 aliphatic carbocycles. The van der Waals surface area contributed by atoms with Gasteiger partial charge >= 0.3 is 6.03 Å². The van der Waals surface area contributed by atoms with E-state index in [9.17, 15) is 33.6 Å². The van der Waals surface area contributed by atoms with Gasteiger partial charge in [-0.2, -0.15) is 4.31 Å². The number of hydrogen-bond acceptors (Lipinski definition) is 11. The van der Waals surface area contributed by atoms with Crippen LogP contribution in [0.25, 0.3) is 11.1 Å². The zero-order valence-electron chi connectivity index (χ0n) is 29.2. The van der Waals surface area contributed by atoms with Crippen molar-refractivity contribution in [3.63, 3.8) is 0 Å². The number of rotatable bonds is 17. The Hall–Kier alpha value is -3.38. The zero-order valence-corrected chi connectivity index (χ0v) is 30.8. The lowest BCUT2D eigenvalue weighted by molar-refractivity contribution is -0.113. The lowest BCUT2D eigenvalue weighted by Crippen LogP contribution is -2.51. The number of aliphatic hydroxyl groups excluding tert-OH is 5. The van der Waals surface area contributed by atoms with Crippen molar-refractivity contribution in [3.8, 4) is 16.9 Å². The second-order valence-corrected chi connectivity index (χ2v) is 16.4. The quantitative estimate of drug-likeness (QED) is 0.106. The van der Waals surface area contributed by atoms with Gasteiger partial charge in [0.2, 0.25) is 10.0 Å². The van der Waals surface area contributed by atoms with E-state index in [0.717, 1.165) is 48.1 Å². The number of carbonyl (C=O) groups is 1. The van der Waals surface area contributed by atoms with Crippen molar-refractivity contribution in [3.05, 3.63) is 77.1 Å². The first-order valence-electron chi connectivity index (χ1n) is 17.9. The minimum Gasteiger partial charge on any atom is -0.490 e. The molecule has 1 aliphatic heterocycles. The Bertz CT molecular complexity index is 1840. The van der Waals surface area contributed by atoms with Gasteiger partial charge in [0.05, 0.1) is 35.9 Å². The SMILES string of the molecule is O=C(NCC1CCCN(S(=O)(=O)c2ccc(Cl)c(COC3(c4cnccc4-c4ccccc4OC4CC4)CC3)c2)C1)NC[C@H](O)[C@@H](O)[C@H](O)[C@H](O)CO. The van der Waals surface area contributed by atoms with Gasteiger partial charge < -0.3 is 45.6 Å². The molecule has 16 heteroatoms. The monoisotopic (exact) mass is 774 g/mol. The second kappa shape index (κ2) is 17.0. The molecule has 1 saturated heterocycles. The van der Waals surface area contributed by atoms with Crippen LogP contribution in [-0.2, 0) is 27.0 Å². The van der Waals surface area contributed by atoms with E-state index in [1.807, 2.05) is 36.5 Å². The lowest BCUT2D eigenvalue weighted by atomic mass is 9.96. The topological polar surface area (TPSA) is 211 Å². The van der Waals surface area contributed by atoms with Crippen LogP contribution < -0.4 is 15.4 Å². The molecular weight excluding hydrogens is 728 g/mol. The molecule has 2 saturated carbocycles. The van der Waals surface area contributed by atoms with Gasteiger partial charge in [0.25, 0.3) is 0 Å². The van der Waals surface area contributed by atoms with Crippen molar-refractivity contribution >= 4 is 27.7 Å². The van der Waals surface area contributed by atoms with Crippen molar-refractivity contribution in [2.75, 3.05) is 32.8 Å². The van der Waals surface area contributed by atoms with Crippen molar-refractivity contribution in [2.24, 2.45) is 5.92 Å². The summed E-state index contributed by atoms with van der Waals surface area (Å²) in [4.78, 5) is 16.9. The molecule has 2 aromatic carbocycles. The van der Waals surface area contributed by atoms with E-state index in [1.54, 1.807) is 18.3 Å². The van der Waals surface area contributed by atoms with E-state index in [1.165, 1.54) is 10.4 Å². The van der Waals surface area contributed by atoms with Gasteiger partial charge in [-0.25, -0.2) is 13.2 Å². The molecule has 7 N–H and O–H groups in total. The van der Waals surface area contributed by atoms with Gasteiger partial charge in [-0.3, -0.25) is 4.98 Å². The largest absolute Gasteiger partial charge is 0.490 e. The van der Waals surface area contributed by atoms with Crippen LogP contribution in [0.2, 0.25) is 5.02 Å². The van der Waals surface area contributed by atoms with Crippen LogP contribution >= 0.6 is 11.6 Å². The summed E-state index contributed by atoms with van der Waals surface area (Å²) in [5.41, 5.74) is 2.84. The Labute approximate surface area is 313 Å². The number of carbonyl (C=O) groups excluding carboxylic acids is 1. The molecule has 2 amide bonds. The number of sulfonamides is 1. The van der Waals surface area contributed by atoms with Crippen molar-refractivity contribution in [2.45, 2.75) is 86.1 Å². The second-order valence-electron chi connectivity index (χ2n) is 14.0. The first-order valence-corrected chi connectivity index (χ1v) is 19.7. The number of ether oxygens (including phenoxy) is 2. The molecule has 14 nitrogen and oxygen atoms in total. The number of urea groups is 1. The van der Waals surface area contributed by atoms with Crippen LogP contribution in [0.4, 0.5) is 4.79 Å². The smallest absolute Gasteiger partial charge is 0.314 e. The number of aromatic nitrogens is 1. The summed E-state index contributed by atoms with van der Waals surface area (Å²) in [5, 5.41) is 53.5. The number of para-hydroxylation sites is 1. The van der Waals surface area contributed by atoms with Gasteiger partial charge in [-0.05, 0) is 85.9 Å². The molecule has 0 spiro atoms. The average Bonchev–Trinajstić information content (AvgIpc) is 4.13. The van der Waals surface area contributed by atoms with Gasteiger partial charge in [0, 0.05) is 54.7 Å². The Morgan fingerprint density at radius 2 is 1.75 bits per heavy atom. The summed E-state index contributed by atoms with van der Waals surface area (Å²) in [6.45, 7) is -0.540. The van der Waals surface area contributed by atoms with Crippen molar-refractivity contribution < 1.29 is 48.2 Å². The van der Waals surface area contributed by atoms with Crippen LogP contribution in [0.3, 0.4) is 0 Å². The highest BCUT2D eigenvalue weighted by molar-refractivity contribution is 7.89. The third-order valence-corrected chi connectivity index (χ3v) is 12.2. The maximum absolute atomic E-state index is 13.9. The summed E-state index contributed by atoms with van der Waals surface area (Å²) >= 11 is 6.60. The summed E-state index contributed by atoms with van der Waals surface area (Å²) < 4.78 is 41.9. The number of nitrogens with one attached hydrogen (secondary N) is 2. The molecule has 53 heavy (non-hydrogen) atoms. The molecule has 2 heterocycles. The van der Waals surface area contributed by atoms with Crippen LogP contribution in [-0.4, -0.2) is 113 Å². The predicted octanol–water partition coefficient (Wildman–Crippen LogP) is 2.28. The Balaban J connectivity index is 1.06. The molecule has 0 radical (unpaired) electrons. The maximum atomic E-state index is 13.9. The molecule has 288 valence electrons. The molecule has 1 unspecified atom stereocenters. The number of piperidine rings is 1. The van der Waals surface area contributed by atoms with Crippen LogP contribution in [0.15, 0.2) is 65.8 Å². The van der Waals surface area contributed by atoms with E-state index >= 15 is 0 Å². The highest BCUT2D eigenvalue weighted by Crippen LogP contribution is 2.53. The highest BCUT2D eigenvalue weighted by atomic mass is 35.5. The zero-order chi connectivity index (χ0) is 37.8. The van der Waals surface area contributed by atoms with Gasteiger partial charge in [-0.1, -0.05) is 29.8 Å². The highest BCUT2D eigenvalue weighted by Gasteiger charge is 2.48. The fraction of sp³-hybridized carbons (Fsp3) is 0.514. The van der Waals surface area contributed by atoms with E-state index in [0.29, 0.717) is 30.0 Å². The normalized spacial score (nSPS) is 20.9. The van der Waals surface area contributed by atoms with Gasteiger partial charge in [0.1, 0.15) is 24.1 Å². The number of amides is 2. The first kappa shape index (κ1) is 39.3. The summed E-state index contributed by atoms with van der Waals surface area (Å²) in [5.74, 6) is 0.628. The molecule has 0 bridgehead atoms. The van der Waals surface area contributed by atoms with Gasteiger partial charge in [-0.15, -0.1) is 0 Å². The fourth-order valence-corrected chi connectivity index (χ4v) is 8.31. The van der Waals surface area contributed by atoms with Crippen molar-refractivity contribution in [1.29, 1.82) is 0 Å². The minimum atomic E-state index is -3.92. The number of aliphatic hydroxyl groups is 5. The van der Waals surface area contributed by atoms with Crippen molar-refractivity contribution in [1.82, 2.24) is 19.9 Å². The average molecular weight is 775 g/mol. The van der Waals surface area contributed by atoms with Gasteiger partial charge in [0.15, 0.2) is 0 Å². The Morgan fingerprint density at radius 3 is 2.49 bits per heavy atom. The summed E-state index contributed by atoms with van der Waals surface area (Å²) in [6, 6.07) is 13.9. The standard InChI is InChI=1S/C37H47ClN4O10S/c38-30-10-9-26(53(49,50)42-15-3-4-23(20-42)17-40-36(48)41-19-31(44)34(46)35(47)32(45)21-43)16-24(30)22-51-37(12-13-37)29-18-39-14-11-27(29)28-5-1-2-6-33(28)52-25-7-8-25/h1-2,5-6,9-11,14,16,18,23,25,31-32,34-35,43-47H,3-4,7-8,12-13,15,17,19-22H2,(H2,40,41,48)/t23?,31-,32+,34+,35+/m0/s1. The molecule has 3 aliphatic rings. The number of halogens is 1. The number of hydrogen-bond donors (Lipinski definition) is 7. The number of pyridine rings is 1. The molecule has 5 atom stereocenters. The maximum Gasteiger partial charge on any atom is 0.314 e. The molecule has 3 fully saturated rings. The van der Waals surface area contributed by atoms with Crippen LogP contribution in [0, 0.1) is 5.92 Å². The lowest BCUT2D eigenvalue weighted by Gasteiger charge is -2.32. The Morgan fingerprint density at radius 1 is 1.00 bits per heavy atom. The third kappa shape index (κ3) is 9.47. The fourth-order valence-electron chi connectivity index (χ4n) is 6.53. The van der Waals surface area contributed by atoms with Crippen LogP contribution in [0.1, 0.15) is 49.7 Å². The summed E-state index contributed by atoms with van der Waals surface area (Å²) in [7, 11) is -3.92. The third-order valence-electron chi connectivity index (χ3n) is 10.0. The Kier molecular flexibility index (Phi) is 12.6. The molecule has 1 aromatic heterocycles.